The van der Waals surface area contributed by atoms with Crippen LogP contribution in [0.25, 0.3) is 0 Å². The minimum absolute atomic E-state index is 0.0547. The molecule has 1 saturated heterocycles. The number of carbonyl (C=O) groups excluding carboxylic acids is 1. The first-order chi connectivity index (χ1) is 12.1. The van der Waals surface area contributed by atoms with Crippen molar-refractivity contribution in [3.05, 3.63) is 23.8 Å². The number of hydrogen-bond acceptors (Lipinski definition) is 5. The van der Waals surface area contributed by atoms with Crippen molar-refractivity contribution in [2.75, 3.05) is 41.0 Å². The molecule has 1 aromatic carbocycles. The Morgan fingerprint density at radius 2 is 1.96 bits per heavy atom. The molecule has 25 heavy (non-hydrogen) atoms. The van der Waals surface area contributed by atoms with E-state index in [1.54, 1.807) is 21.3 Å². The largest absolute Gasteiger partial charge is 0.497 e. The van der Waals surface area contributed by atoms with Gasteiger partial charge in [0.15, 0.2) is 0 Å². The lowest BCUT2D eigenvalue weighted by Crippen LogP contribution is -2.44. The van der Waals surface area contributed by atoms with Crippen LogP contribution in [-0.2, 0) is 16.1 Å². The number of nitrogens with zero attached hydrogens (tertiary/aromatic N) is 1. The smallest absolute Gasteiger partial charge is 0.223 e. The number of benzene rings is 1. The van der Waals surface area contributed by atoms with Gasteiger partial charge in [0.1, 0.15) is 11.5 Å². The molecule has 1 aliphatic rings. The summed E-state index contributed by atoms with van der Waals surface area (Å²) in [6, 6.07) is 5.96. The van der Waals surface area contributed by atoms with Gasteiger partial charge in [0.25, 0.3) is 0 Å². The summed E-state index contributed by atoms with van der Waals surface area (Å²) in [5.74, 6) is 1.87. The fourth-order valence-electron chi connectivity index (χ4n) is 3.23. The molecule has 0 spiro atoms. The SMILES string of the molecule is COC[C@H](C)NC(=O)C1CCN(Cc2ccc(OC)cc2OC)CC1. The highest BCUT2D eigenvalue weighted by Crippen LogP contribution is 2.27. The second-order valence-electron chi connectivity index (χ2n) is 6.59. The number of amides is 1. The van der Waals surface area contributed by atoms with Crippen molar-refractivity contribution in [1.29, 1.82) is 0 Å². The zero-order chi connectivity index (χ0) is 18.2. The van der Waals surface area contributed by atoms with Crippen molar-refractivity contribution in [1.82, 2.24) is 10.2 Å². The summed E-state index contributed by atoms with van der Waals surface area (Å²) in [4.78, 5) is 14.7. The van der Waals surface area contributed by atoms with Crippen LogP contribution in [-0.4, -0.2) is 57.9 Å². The Hall–Kier alpha value is -1.79. The molecular weight excluding hydrogens is 320 g/mol. The van der Waals surface area contributed by atoms with E-state index < -0.39 is 0 Å². The van der Waals surface area contributed by atoms with E-state index in [9.17, 15) is 4.79 Å². The van der Waals surface area contributed by atoms with Crippen LogP contribution in [0.5, 0.6) is 11.5 Å². The maximum atomic E-state index is 12.3. The lowest BCUT2D eigenvalue weighted by Gasteiger charge is -2.32. The van der Waals surface area contributed by atoms with Gasteiger partial charge in [0, 0.05) is 37.2 Å². The number of likely N-dealkylation sites (tertiary alicyclic amines) is 1. The summed E-state index contributed by atoms with van der Waals surface area (Å²) < 4.78 is 15.8. The Balaban J connectivity index is 1.85. The number of carbonyl (C=O) groups is 1. The van der Waals surface area contributed by atoms with Gasteiger partial charge in [-0.2, -0.15) is 0 Å². The van der Waals surface area contributed by atoms with Crippen molar-refractivity contribution in [3.8, 4) is 11.5 Å². The van der Waals surface area contributed by atoms with E-state index in [0.29, 0.717) is 6.61 Å². The summed E-state index contributed by atoms with van der Waals surface area (Å²) in [6.07, 6.45) is 1.76. The summed E-state index contributed by atoms with van der Waals surface area (Å²) >= 11 is 0. The van der Waals surface area contributed by atoms with Gasteiger partial charge in [0.05, 0.1) is 20.8 Å². The number of nitrogens with one attached hydrogen (secondary N) is 1. The van der Waals surface area contributed by atoms with E-state index in [1.165, 1.54) is 0 Å². The van der Waals surface area contributed by atoms with Crippen LogP contribution in [0.3, 0.4) is 0 Å². The normalized spacial score (nSPS) is 17.1. The van der Waals surface area contributed by atoms with Crippen LogP contribution in [0.4, 0.5) is 0 Å². The lowest BCUT2D eigenvalue weighted by atomic mass is 9.95. The van der Waals surface area contributed by atoms with E-state index in [2.05, 4.69) is 10.2 Å². The highest BCUT2D eigenvalue weighted by molar-refractivity contribution is 5.79. The van der Waals surface area contributed by atoms with Gasteiger partial charge in [-0.25, -0.2) is 0 Å². The Morgan fingerprint density at radius 3 is 2.56 bits per heavy atom. The van der Waals surface area contributed by atoms with Crippen molar-refractivity contribution in [2.45, 2.75) is 32.4 Å². The van der Waals surface area contributed by atoms with Crippen LogP contribution in [0.15, 0.2) is 18.2 Å². The molecule has 0 radical (unpaired) electrons. The van der Waals surface area contributed by atoms with E-state index in [4.69, 9.17) is 14.2 Å². The summed E-state index contributed by atoms with van der Waals surface area (Å²) in [5.41, 5.74) is 1.14. The van der Waals surface area contributed by atoms with Crippen LogP contribution >= 0.6 is 0 Å². The molecule has 6 nitrogen and oxygen atoms in total. The molecule has 0 saturated carbocycles. The Bertz CT molecular complexity index is 556. The maximum absolute atomic E-state index is 12.3. The van der Waals surface area contributed by atoms with E-state index >= 15 is 0 Å². The molecule has 0 bridgehead atoms. The fraction of sp³-hybridized carbons (Fsp3) is 0.632. The second-order valence-corrected chi connectivity index (χ2v) is 6.59. The molecule has 6 heteroatoms. The molecule has 1 amide bonds. The van der Waals surface area contributed by atoms with Gasteiger partial charge in [-0.15, -0.1) is 0 Å². The minimum atomic E-state index is 0.0547. The third-order valence-electron chi connectivity index (χ3n) is 4.65. The molecule has 1 fully saturated rings. The molecule has 2 rings (SSSR count). The fourth-order valence-corrected chi connectivity index (χ4v) is 3.23. The number of ether oxygens (including phenoxy) is 3. The molecule has 0 aliphatic carbocycles. The van der Waals surface area contributed by atoms with Crippen molar-refractivity contribution >= 4 is 5.91 Å². The zero-order valence-electron chi connectivity index (χ0n) is 15.7. The summed E-state index contributed by atoms with van der Waals surface area (Å²) in [7, 11) is 4.97. The Labute approximate surface area is 150 Å². The van der Waals surface area contributed by atoms with Crippen LogP contribution in [0, 0.1) is 5.92 Å². The van der Waals surface area contributed by atoms with Crippen molar-refractivity contribution < 1.29 is 19.0 Å². The van der Waals surface area contributed by atoms with Gasteiger partial charge in [-0.05, 0) is 38.9 Å². The molecule has 140 valence electrons. The van der Waals surface area contributed by atoms with Crippen LogP contribution in [0.1, 0.15) is 25.3 Å². The first-order valence-electron chi connectivity index (χ1n) is 8.80. The minimum Gasteiger partial charge on any atom is -0.497 e. The second kappa shape index (κ2) is 9.63. The van der Waals surface area contributed by atoms with Gasteiger partial charge in [-0.1, -0.05) is 6.07 Å². The Kier molecular flexibility index (Phi) is 7.52. The third kappa shape index (κ3) is 5.61. The first-order valence-corrected chi connectivity index (χ1v) is 8.80. The molecule has 0 aromatic heterocycles. The number of piperidine rings is 1. The molecule has 1 aliphatic heterocycles. The number of methoxy groups -OCH3 is 3. The first kappa shape index (κ1) is 19.5. The van der Waals surface area contributed by atoms with E-state index in [0.717, 1.165) is 49.5 Å². The maximum Gasteiger partial charge on any atom is 0.223 e. The quantitative estimate of drug-likeness (QED) is 0.778. The molecule has 0 unspecified atom stereocenters. The standard InChI is InChI=1S/C19H30N2O4/c1-14(13-23-2)20-19(22)15-7-9-21(10-8-15)12-16-5-6-17(24-3)11-18(16)25-4/h5-6,11,14-15H,7-10,12-13H2,1-4H3,(H,20,22)/t14-/m0/s1. The molecule has 1 aromatic rings. The monoisotopic (exact) mass is 350 g/mol. The molecular formula is C19H30N2O4. The highest BCUT2D eigenvalue weighted by Gasteiger charge is 2.26. The Morgan fingerprint density at radius 1 is 1.24 bits per heavy atom. The van der Waals surface area contributed by atoms with Gasteiger partial charge in [-0.3, -0.25) is 9.69 Å². The topological polar surface area (TPSA) is 60.0 Å². The highest BCUT2D eigenvalue weighted by atomic mass is 16.5. The zero-order valence-corrected chi connectivity index (χ0v) is 15.7. The third-order valence-corrected chi connectivity index (χ3v) is 4.65. The summed E-state index contributed by atoms with van der Waals surface area (Å²) in [6.45, 7) is 5.15. The van der Waals surface area contributed by atoms with E-state index in [1.807, 2.05) is 25.1 Å². The predicted molar refractivity (Wildman–Crippen MR) is 97.0 cm³/mol. The summed E-state index contributed by atoms with van der Waals surface area (Å²) in [5, 5.41) is 3.03. The number of hydrogen-bond donors (Lipinski definition) is 1. The lowest BCUT2D eigenvalue weighted by molar-refractivity contribution is -0.127. The predicted octanol–water partition coefficient (Wildman–Crippen LogP) is 2.07. The average Bonchev–Trinajstić information content (AvgIpc) is 2.62. The van der Waals surface area contributed by atoms with Crippen LogP contribution < -0.4 is 14.8 Å². The van der Waals surface area contributed by atoms with Crippen molar-refractivity contribution in [2.24, 2.45) is 5.92 Å². The van der Waals surface area contributed by atoms with Gasteiger partial charge in [0.2, 0.25) is 5.91 Å². The van der Waals surface area contributed by atoms with Crippen LogP contribution in [0.2, 0.25) is 0 Å². The van der Waals surface area contributed by atoms with Gasteiger partial charge < -0.3 is 19.5 Å². The van der Waals surface area contributed by atoms with Gasteiger partial charge >= 0.3 is 0 Å². The molecule has 1 atom stereocenters. The molecule has 1 heterocycles. The average molecular weight is 350 g/mol. The van der Waals surface area contributed by atoms with Crippen molar-refractivity contribution in [3.63, 3.8) is 0 Å². The van der Waals surface area contributed by atoms with E-state index in [-0.39, 0.29) is 17.9 Å². The number of rotatable bonds is 8. The molecule has 1 N–H and O–H groups in total.